The minimum atomic E-state index is -1.22. The first kappa shape index (κ1) is 16.9. The van der Waals surface area contributed by atoms with Crippen molar-refractivity contribution in [2.24, 2.45) is 11.8 Å². The number of rotatable bonds is 6. The van der Waals surface area contributed by atoms with Crippen molar-refractivity contribution in [3.8, 4) is 0 Å². The Kier molecular flexibility index (Phi) is 10.6. The van der Waals surface area contributed by atoms with Crippen LogP contribution < -0.4 is 56.5 Å². The van der Waals surface area contributed by atoms with Crippen LogP contribution in [-0.2, 0) is 4.79 Å². The Balaban J connectivity index is 0. The molecule has 0 bridgehead atoms. The van der Waals surface area contributed by atoms with E-state index in [1.807, 2.05) is 13.8 Å². The summed E-state index contributed by atoms with van der Waals surface area (Å²) >= 11 is 0. The molecule has 0 fully saturated rings. The van der Waals surface area contributed by atoms with Gasteiger partial charge in [0.05, 0.1) is 0 Å². The first-order chi connectivity index (χ1) is 5.91. The molecule has 76 valence electrons. The maximum Gasteiger partial charge on any atom is 1.00 e. The first-order valence-electron chi connectivity index (χ1n) is 4.23. The Morgan fingerprint density at radius 2 is 1.93 bits per heavy atom. The van der Waals surface area contributed by atoms with Crippen molar-refractivity contribution in [2.45, 2.75) is 26.7 Å². The van der Waals surface area contributed by atoms with Crippen LogP contribution in [-0.4, -0.2) is 17.4 Å². The summed E-state index contributed by atoms with van der Waals surface area (Å²) in [6, 6.07) is 0. The van der Waals surface area contributed by atoms with Gasteiger partial charge in [-0.05, 0) is 18.8 Å². The molecule has 0 aromatic carbocycles. The van der Waals surface area contributed by atoms with E-state index in [0.29, 0.717) is 6.42 Å². The van der Waals surface area contributed by atoms with E-state index in [4.69, 9.17) is 0 Å². The van der Waals surface area contributed by atoms with E-state index in [1.54, 1.807) is 0 Å². The summed E-state index contributed by atoms with van der Waals surface area (Å²) in [5.41, 5.74) is 0. The van der Waals surface area contributed by atoms with Crippen LogP contribution >= 0.6 is 0 Å². The smallest absolute Gasteiger partial charge is 0.550 e. The Bertz CT molecular complexity index is 180. The molecule has 0 saturated carbocycles. The standard InChI is InChI=1S/C8H15NO4.K/c1-6(2)3-7(4-8(10)11)5-9(12)13;/h6-7H,3-5H2,1-2H3,(H,10,11);/q;+1/p-1/t7-;/m0./s1. The van der Waals surface area contributed by atoms with E-state index in [-0.39, 0.29) is 70.3 Å². The molecule has 0 spiro atoms. The second-order valence-electron chi connectivity index (χ2n) is 3.59. The molecule has 0 aliphatic heterocycles. The molecule has 0 N–H and O–H groups in total. The van der Waals surface area contributed by atoms with Crippen molar-refractivity contribution in [3.63, 3.8) is 0 Å². The zero-order valence-electron chi connectivity index (χ0n) is 8.86. The van der Waals surface area contributed by atoms with Gasteiger partial charge in [0.15, 0.2) is 0 Å². The van der Waals surface area contributed by atoms with Gasteiger partial charge in [-0.25, -0.2) is 0 Å². The molecule has 5 nitrogen and oxygen atoms in total. The van der Waals surface area contributed by atoms with Gasteiger partial charge >= 0.3 is 51.4 Å². The normalized spacial score (nSPS) is 11.9. The van der Waals surface area contributed by atoms with E-state index in [0.717, 1.165) is 0 Å². The number of aliphatic carboxylic acids is 1. The summed E-state index contributed by atoms with van der Waals surface area (Å²) in [4.78, 5) is 19.9. The van der Waals surface area contributed by atoms with Crippen molar-refractivity contribution in [3.05, 3.63) is 10.1 Å². The minimum absolute atomic E-state index is 0. The fourth-order valence-electron chi connectivity index (χ4n) is 1.34. The molecule has 0 aliphatic carbocycles. The van der Waals surface area contributed by atoms with E-state index in [9.17, 15) is 20.0 Å². The van der Waals surface area contributed by atoms with E-state index in [1.165, 1.54) is 0 Å². The van der Waals surface area contributed by atoms with Crippen molar-refractivity contribution in [1.82, 2.24) is 0 Å². The molecule has 0 heterocycles. The van der Waals surface area contributed by atoms with Gasteiger partial charge in [0.2, 0.25) is 6.54 Å². The Morgan fingerprint density at radius 3 is 2.21 bits per heavy atom. The molecule has 0 saturated heterocycles. The predicted octanol–water partition coefficient (Wildman–Crippen LogP) is -2.93. The third-order valence-corrected chi connectivity index (χ3v) is 1.67. The molecule has 0 aromatic rings. The third kappa shape index (κ3) is 10.6. The van der Waals surface area contributed by atoms with E-state index < -0.39 is 16.8 Å². The monoisotopic (exact) mass is 227 g/mol. The summed E-state index contributed by atoms with van der Waals surface area (Å²) < 4.78 is 0. The van der Waals surface area contributed by atoms with Crippen LogP contribution in [0.5, 0.6) is 0 Å². The van der Waals surface area contributed by atoms with Gasteiger partial charge in [-0.1, -0.05) is 13.8 Å². The van der Waals surface area contributed by atoms with E-state index in [2.05, 4.69) is 0 Å². The summed E-state index contributed by atoms with van der Waals surface area (Å²) in [6.45, 7) is 3.52. The Morgan fingerprint density at radius 1 is 1.43 bits per heavy atom. The van der Waals surface area contributed by atoms with Gasteiger partial charge in [-0.15, -0.1) is 0 Å². The predicted molar refractivity (Wildman–Crippen MR) is 44.4 cm³/mol. The SMILES string of the molecule is CC(C)C[C@@H](CC(=O)[O-])C[N+](=O)[O-].[K+]. The number of carboxylic acids is 1. The summed E-state index contributed by atoms with van der Waals surface area (Å²) in [5.74, 6) is -1.35. The zero-order chi connectivity index (χ0) is 10.4. The summed E-state index contributed by atoms with van der Waals surface area (Å²) in [7, 11) is 0. The average molecular weight is 227 g/mol. The zero-order valence-corrected chi connectivity index (χ0v) is 12.0. The fourth-order valence-corrected chi connectivity index (χ4v) is 1.34. The molecule has 1 atom stereocenters. The van der Waals surface area contributed by atoms with Crippen LogP contribution in [0.25, 0.3) is 0 Å². The Hall–Kier alpha value is 0.506. The second kappa shape index (κ2) is 8.79. The van der Waals surface area contributed by atoms with Gasteiger partial charge in [0.25, 0.3) is 0 Å². The van der Waals surface area contributed by atoms with Gasteiger partial charge in [-0.2, -0.15) is 0 Å². The topological polar surface area (TPSA) is 83.3 Å². The number of nitrogens with zero attached hydrogens (tertiary/aromatic N) is 1. The van der Waals surface area contributed by atoms with Crippen LogP contribution in [0.4, 0.5) is 0 Å². The third-order valence-electron chi connectivity index (χ3n) is 1.67. The number of carbonyl (C=O) groups excluding carboxylic acids is 1. The van der Waals surface area contributed by atoms with Crippen LogP contribution in [0.2, 0.25) is 0 Å². The molecule has 14 heavy (non-hydrogen) atoms. The second-order valence-corrected chi connectivity index (χ2v) is 3.59. The molecule has 0 aliphatic rings. The summed E-state index contributed by atoms with van der Waals surface area (Å²) in [6.07, 6.45) is 0.328. The molecule has 0 unspecified atom stereocenters. The number of carbonyl (C=O) groups is 1. The summed E-state index contributed by atoms with van der Waals surface area (Å²) in [5, 5.41) is 20.4. The van der Waals surface area contributed by atoms with Crippen molar-refractivity contribution >= 4 is 5.97 Å². The molecular formula is C8H14KNO4. The van der Waals surface area contributed by atoms with Gasteiger partial charge in [0, 0.05) is 16.8 Å². The maximum atomic E-state index is 10.2. The van der Waals surface area contributed by atoms with Gasteiger partial charge in [-0.3, -0.25) is 10.1 Å². The number of carboxylic acid groups (broad SMARTS) is 1. The van der Waals surface area contributed by atoms with Crippen LogP contribution in [0.3, 0.4) is 0 Å². The van der Waals surface area contributed by atoms with Crippen molar-refractivity contribution in [1.29, 1.82) is 0 Å². The van der Waals surface area contributed by atoms with Crippen molar-refractivity contribution in [2.75, 3.05) is 6.54 Å². The van der Waals surface area contributed by atoms with Crippen LogP contribution in [0.15, 0.2) is 0 Å². The molecule has 0 amide bonds. The largest absolute Gasteiger partial charge is 1.00 e. The van der Waals surface area contributed by atoms with E-state index >= 15 is 0 Å². The fraction of sp³-hybridized carbons (Fsp3) is 0.875. The maximum absolute atomic E-state index is 10.2. The first-order valence-corrected chi connectivity index (χ1v) is 4.23. The van der Waals surface area contributed by atoms with Crippen LogP contribution in [0, 0.1) is 22.0 Å². The molecule has 0 rings (SSSR count). The Labute approximate surface area is 126 Å². The van der Waals surface area contributed by atoms with Crippen molar-refractivity contribution < 1.29 is 66.2 Å². The molecule has 0 radical (unpaired) electrons. The quantitative estimate of drug-likeness (QED) is 0.276. The molecule has 6 heteroatoms. The number of hydrogen-bond donors (Lipinski definition) is 0. The van der Waals surface area contributed by atoms with Gasteiger partial charge < -0.3 is 9.90 Å². The number of hydrogen-bond acceptors (Lipinski definition) is 4. The van der Waals surface area contributed by atoms with Crippen LogP contribution in [0.1, 0.15) is 26.7 Å². The number of nitro groups is 1. The average Bonchev–Trinajstić information content (AvgIpc) is 1.80. The van der Waals surface area contributed by atoms with Gasteiger partial charge in [0.1, 0.15) is 0 Å². The molecule has 0 aromatic heterocycles. The minimum Gasteiger partial charge on any atom is -0.550 e. The molecular weight excluding hydrogens is 213 g/mol.